The van der Waals surface area contributed by atoms with Crippen molar-refractivity contribution in [3.8, 4) is 0 Å². The van der Waals surface area contributed by atoms with Crippen LogP contribution in [0.25, 0.3) is 0 Å². The molecule has 0 aliphatic carbocycles. The van der Waals surface area contributed by atoms with E-state index in [-0.39, 0.29) is 22.7 Å². The molecule has 8 heteroatoms. The predicted molar refractivity (Wildman–Crippen MR) is 83.5 cm³/mol. The monoisotopic (exact) mass is 367 g/mol. The smallest absolute Gasteiger partial charge is 0.256 e. The van der Waals surface area contributed by atoms with Gasteiger partial charge in [0.2, 0.25) is 11.8 Å². The first-order valence-electron chi connectivity index (χ1n) is 5.67. The van der Waals surface area contributed by atoms with Crippen molar-refractivity contribution in [2.45, 2.75) is 0 Å². The Balaban J connectivity index is 2.32. The Labute approximate surface area is 132 Å². The normalized spacial score (nSPS) is 10.1. The van der Waals surface area contributed by atoms with Gasteiger partial charge in [-0.15, -0.1) is 11.3 Å². The molecule has 0 atom stereocenters. The number of anilines is 1. The summed E-state index contributed by atoms with van der Waals surface area (Å²) in [7, 11) is 0. The number of hydrogen-bond acceptors (Lipinski definition) is 4. The van der Waals surface area contributed by atoms with Crippen LogP contribution in [-0.2, 0) is 0 Å². The minimum Gasteiger partial charge on any atom is -0.366 e. The van der Waals surface area contributed by atoms with Crippen molar-refractivity contribution in [3.05, 3.63) is 50.1 Å². The number of rotatable bonds is 4. The third-order valence-electron chi connectivity index (χ3n) is 2.59. The second-order valence-electron chi connectivity index (χ2n) is 4.12. The van der Waals surface area contributed by atoms with E-state index in [0.29, 0.717) is 5.56 Å². The highest BCUT2D eigenvalue weighted by molar-refractivity contribution is 9.11. The molecule has 2 rings (SSSR count). The second-order valence-corrected chi connectivity index (χ2v) is 6.41. The van der Waals surface area contributed by atoms with E-state index in [4.69, 9.17) is 11.5 Å². The fourth-order valence-corrected chi connectivity index (χ4v) is 2.75. The van der Waals surface area contributed by atoms with Crippen molar-refractivity contribution in [1.82, 2.24) is 0 Å². The molecule has 0 aliphatic rings. The number of primary amides is 2. The van der Waals surface area contributed by atoms with Crippen LogP contribution in [-0.4, -0.2) is 17.7 Å². The van der Waals surface area contributed by atoms with E-state index >= 15 is 0 Å². The Kier molecular flexibility index (Phi) is 4.39. The fourth-order valence-electron chi connectivity index (χ4n) is 1.62. The van der Waals surface area contributed by atoms with Crippen LogP contribution in [0.5, 0.6) is 0 Å². The topological polar surface area (TPSA) is 115 Å². The summed E-state index contributed by atoms with van der Waals surface area (Å²) >= 11 is 4.63. The molecule has 3 amide bonds. The van der Waals surface area contributed by atoms with Crippen molar-refractivity contribution < 1.29 is 14.4 Å². The first-order valence-corrected chi connectivity index (χ1v) is 7.34. The minimum atomic E-state index is -0.716. The summed E-state index contributed by atoms with van der Waals surface area (Å²) in [6.45, 7) is 0. The summed E-state index contributed by atoms with van der Waals surface area (Å²) in [6.07, 6.45) is 0. The van der Waals surface area contributed by atoms with Crippen LogP contribution in [0.1, 0.15) is 31.1 Å². The number of benzene rings is 1. The van der Waals surface area contributed by atoms with Crippen LogP contribution in [0.2, 0.25) is 0 Å². The van der Waals surface area contributed by atoms with Gasteiger partial charge in [0.1, 0.15) is 0 Å². The summed E-state index contributed by atoms with van der Waals surface area (Å²) in [4.78, 5) is 34.5. The van der Waals surface area contributed by atoms with E-state index in [0.717, 1.165) is 3.79 Å². The Morgan fingerprint density at radius 1 is 0.952 bits per heavy atom. The van der Waals surface area contributed by atoms with Crippen LogP contribution in [0.4, 0.5) is 5.69 Å². The van der Waals surface area contributed by atoms with E-state index in [1.807, 2.05) is 0 Å². The molecule has 21 heavy (non-hydrogen) atoms. The van der Waals surface area contributed by atoms with Gasteiger partial charge < -0.3 is 16.8 Å². The third-order valence-corrected chi connectivity index (χ3v) is 4.09. The van der Waals surface area contributed by atoms with E-state index in [1.54, 1.807) is 11.4 Å². The fraction of sp³-hybridized carbons (Fsp3) is 0. The van der Waals surface area contributed by atoms with Crippen molar-refractivity contribution >= 4 is 50.7 Å². The summed E-state index contributed by atoms with van der Waals surface area (Å²) in [5.74, 6) is -1.80. The molecule has 0 saturated carbocycles. The van der Waals surface area contributed by atoms with Gasteiger partial charge >= 0.3 is 0 Å². The molecule has 0 bridgehead atoms. The first-order chi connectivity index (χ1) is 9.86. The van der Waals surface area contributed by atoms with Crippen molar-refractivity contribution in [1.29, 1.82) is 0 Å². The Morgan fingerprint density at radius 2 is 1.52 bits per heavy atom. The van der Waals surface area contributed by atoms with Crippen molar-refractivity contribution in [2.24, 2.45) is 11.5 Å². The molecule has 1 aromatic heterocycles. The van der Waals surface area contributed by atoms with Crippen LogP contribution in [0, 0.1) is 0 Å². The van der Waals surface area contributed by atoms with Crippen LogP contribution in [0.15, 0.2) is 33.4 Å². The standard InChI is InChI=1S/C13H10BrN3O3S/c14-10-4-8(5-21-10)13(20)17-9-2-6(11(15)18)1-7(3-9)12(16)19/h1-5H,(H2,15,18)(H2,16,19)(H,17,20). The van der Waals surface area contributed by atoms with Gasteiger partial charge in [-0.2, -0.15) is 0 Å². The van der Waals surface area contributed by atoms with Gasteiger partial charge in [-0.1, -0.05) is 0 Å². The van der Waals surface area contributed by atoms with Gasteiger partial charge in [0.15, 0.2) is 0 Å². The summed E-state index contributed by atoms with van der Waals surface area (Å²) in [5, 5.41) is 4.27. The van der Waals surface area contributed by atoms with Gasteiger partial charge in [0.05, 0.1) is 9.35 Å². The van der Waals surface area contributed by atoms with E-state index in [9.17, 15) is 14.4 Å². The van der Waals surface area contributed by atoms with E-state index in [1.165, 1.54) is 29.5 Å². The first kappa shape index (κ1) is 15.2. The maximum Gasteiger partial charge on any atom is 0.256 e. The van der Waals surface area contributed by atoms with Crippen molar-refractivity contribution in [3.63, 3.8) is 0 Å². The molecule has 6 nitrogen and oxygen atoms in total. The highest BCUT2D eigenvalue weighted by atomic mass is 79.9. The summed E-state index contributed by atoms with van der Waals surface area (Å²) < 4.78 is 0.816. The number of hydrogen-bond donors (Lipinski definition) is 3. The quantitative estimate of drug-likeness (QED) is 0.766. The average Bonchev–Trinajstić information content (AvgIpc) is 2.85. The van der Waals surface area contributed by atoms with E-state index < -0.39 is 11.8 Å². The molecule has 2 aromatic rings. The Hall–Kier alpha value is -2.19. The maximum absolute atomic E-state index is 12.0. The lowest BCUT2D eigenvalue weighted by molar-refractivity contribution is 0.0994. The largest absolute Gasteiger partial charge is 0.366 e. The van der Waals surface area contributed by atoms with Crippen LogP contribution in [0.3, 0.4) is 0 Å². The number of nitrogens with one attached hydrogen (secondary N) is 1. The van der Waals surface area contributed by atoms with Gasteiger partial charge in [-0.25, -0.2) is 0 Å². The molecule has 0 radical (unpaired) electrons. The van der Waals surface area contributed by atoms with Gasteiger partial charge in [0, 0.05) is 22.2 Å². The van der Waals surface area contributed by atoms with Gasteiger partial charge in [-0.05, 0) is 40.2 Å². The number of nitrogens with two attached hydrogens (primary N) is 2. The average molecular weight is 368 g/mol. The molecule has 0 aliphatic heterocycles. The third kappa shape index (κ3) is 3.67. The highest BCUT2D eigenvalue weighted by Gasteiger charge is 2.12. The SMILES string of the molecule is NC(=O)c1cc(NC(=O)c2csc(Br)c2)cc(C(N)=O)c1. The molecule has 1 aromatic carbocycles. The number of halogens is 1. The molecular formula is C13H10BrN3O3S. The predicted octanol–water partition coefficient (Wildman–Crippen LogP) is 1.96. The molecule has 0 fully saturated rings. The lowest BCUT2D eigenvalue weighted by Gasteiger charge is -2.07. The Bertz CT molecular complexity index is 710. The second kappa shape index (κ2) is 6.06. The zero-order valence-corrected chi connectivity index (χ0v) is 13.0. The zero-order chi connectivity index (χ0) is 15.6. The lowest BCUT2D eigenvalue weighted by Crippen LogP contribution is -2.18. The number of carbonyl (C=O) groups excluding carboxylic acids is 3. The van der Waals surface area contributed by atoms with Crippen molar-refractivity contribution in [2.75, 3.05) is 5.32 Å². The number of amides is 3. The molecule has 1 heterocycles. The van der Waals surface area contributed by atoms with Crippen LogP contribution >= 0.6 is 27.3 Å². The summed E-state index contributed by atoms with van der Waals surface area (Å²) in [6, 6.07) is 5.70. The van der Waals surface area contributed by atoms with Gasteiger partial charge in [0.25, 0.3) is 5.91 Å². The number of thiophene rings is 1. The number of carbonyl (C=O) groups is 3. The lowest BCUT2D eigenvalue weighted by atomic mass is 10.1. The van der Waals surface area contributed by atoms with Gasteiger partial charge in [-0.3, -0.25) is 14.4 Å². The molecule has 0 unspecified atom stereocenters. The Morgan fingerprint density at radius 3 is 1.95 bits per heavy atom. The molecule has 0 spiro atoms. The van der Waals surface area contributed by atoms with Crippen LogP contribution < -0.4 is 16.8 Å². The molecule has 0 saturated heterocycles. The minimum absolute atomic E-state index is 0.0908. The summed E-state index contributed by atoms with van der Waals surface area (Å²) in [5.41, 5.74) is 11.3. The molecule has 5 N–H and O–H groups in total. The molecular weight excluding hydrogens is 358 g/mol. The maximum atomic E-state index is 12.0. The zero-order valence-electron chi connectivity index (χ0n) is 10.6. The highest BCUT2D eigenvalue weighted by Crippen LogP contribution is 2.22. The van der Waals surface area contributed by atoms with E-state index in [2.05, 4.69) is 21.2 Å². The molecule has 108 valence electrons.